The highest BCUT2D eigenvalue weighted by Gasteiger charge is 2.15. The van der Waals surface area contributed by atoms with Gasteiger partial charge >= 0.3 is 5.97 Å². The average molecular weight is 364 g/mol. The summed E-state index contributed by atoms with van der Waals surface area (Å²) in [5.74, 6) is -0.104. The molecule has 0 spiro atoms. The molecule has 0 amide bonds. The number of benzene rings is 2. The second kappa shape index (κ2) is 9.92. The van der Waals surface area contributed by atoms with E-state index in [0.29, 0.717) is 12.8 Å². The van der Waals surface area contributed by atoms with E-state index in [2.05, 4.69) is 42.5 Å². The normalized spacial score (nSPS) is 11.0. The SMILES string of the molecule is CC(C)(C)OC(=O)CCCCCc1ccc(-c2ccc(CC#N)cc2)cc1. The Morgan fingerprint density at radius 1 is 0.889 bits per heavy atom. The van der Waals surface area contributed by atoms with Crippen LogP contribution in [0.1, 0.15) is 57.6 Å². The highest BCUT2D eigenvalue weighted by Crippen LogP contribution is 2.21. The van der Waals surface area contributed by atoms with E-state index in [4.69, 9.17) is 10.00 Å². The van der Waals surface area contributed by atoms with Crippen LogP contribution in [0.15, 0.2) is 48.5 Å². The number of nitriles is 1. The maximum atomic E-state index is 11.7. The highest BCUT2D eigenvalue weighted by atomic mass is 16.6. The Labute approximate surface area is 163 Å². The van der Waals surface area contributed by atoms with Gasteiger partial charge in [0.1, 0.15) is 5.60 Å². The summed E-state index contributed by atoms with van der Waals surface area (Å²) in [6.07, 6.45) is 4.95. The third kappa shape index (κ3) is 7.66. The number of aryl methyl sites for hydroxylation is 1. The molecule has 0 aliphatic heterocycles. The summed E-state index contributed by atoms with van der Waals surface area (Å²) in [7, 11) is 0. The molecule has 27 heavy (non-hydrogen) atoms. The molecule has 0 unspecified atom stereocenters. The van der Waals surface area contributed by atoms with Crippen molar-refractivity contribution in [3.8, 4) is 17.2 Å². The first-order valence-corrected chi connectivity index (χ1v) is 9.64. The molecule has 2 rings (SSSR count). The van der Waals surface area contributed by atoms with Gasteiger partial charge in [0, 0.05) is 6.42 Å². The van der Waals surface area contributed by atoms with Gasteiger partial charge in [0.25, 0.3) is 0 Å². The number of hydrogen-bond donors (Lipinski definition) is 0. The largest absolute Gasteiger partial charge is 0.460 e. The summed E-state index contributed by atoms with van der Waals surface area (Å²) in [6.45, 7) is 5.69. The Morgan fingerprint density at radius 2 is 1.44 bits per heavy atom. The van der Waals surface area contributed by atoms with E-state index in [0.717, 1.165) is 31.2 Å². The van der Waals surface area contributed by atoms with Crippen molar-refractivity contribution in [2.45, 2.75) is 64.9 Å². The third-order valence-electron chi connectivity index (χ3n) is 4.29. The molecule has 0 aliphatic carbocycles. The molecule has 0 saturated heterocycles. The van der Waals surface area contributed by atoms with E-state index in [1.165, 1.54) is 16.7 Å². The van der Waals surface area contributed by atoms with Gasteiger partial charge in [-0.15, -0.1) is 0 Å². The van der Waals surface area contributed by atoms with Gasteiger partial charge in [-0.2, -0.15) is 5.26 Å². The molecule has 0 bridgehead atoms. The highest BCUT2D eigenvalue weighted by molar-refractivity contribution is 5.69. The Morgan fingerprint density at radius 3 is 1.96 bits per heavy atom. The quantitative estimate of drug-likeness (QED) is 0.436. The second-order valence-electron chi connectivity index (χ2n) is 7.88. The van der Waals surface area contributed by atoms with Crippen molar-refractivity contribution in [2.24, 2.45) is 0 Å². The Bertz CT molecular complexity index is 762. The van der Waals surface area contributed by atoms with E-state index in [-0.39, 0.29) is 5.97 Å². The Balaban J connectivity index is 1.74. The predicted octanol–water partition coefficient (Wildman–Crippen LogP) is 5.86. The van der Waals surface area contributed by atoms with Crippen molar-refractivity contribution in [3.05, 3.63) is 59.7 Å². The summed E-state index contributed by atoms with van der Waals surface area (Å²) in [5, 5.41) is 8.74. The fourth-order valence-corrected chi connectivity index (χ4v) is 2.94. The van der Waals surface area contributed by atoms with E-state index >= 15 is 0 Å². The number of carbonyl (C=O) groups is 1. The molecule has 0 heterocycles. The minimum atomic E-state index is -0.394. The zero-order valence-electron chi connectivity index (χ0n) is 16.6. The standard InChI is InChI=1S/C24H29NO2/c1-24(2,3)27-23(26)8-6-4-5-7-19-9-13-21(14-10-19)22-15-11-20(12-16-22)17-18-25/h9-16H,4-8,17H2,1-3H3. The van der Waals surface area contributed by atoms with Crippen molar-refractivity contribution >= 4 is 5.97 Å². The monoisotopic (exact) mass is 363 g/mol. The molecular weight excluding hydrogens is 334 g/mol. The fraction of sp³-hybridized carbons (Fsp3) is 0.417. The first-order chi connectivity index (χ1) is 12.9. The van der Waals surface area contributed by atoms with Gasteiger partial charge in [0.05, 0.1) is 12.5 Å². The lowest BCUT2D eigenvalue weighted by atomic mass is 10.00. The van der Waals surface area contributed by atoms with Crippen LogP contribution in [-0.4, -0.2) is 11.6 Å². The molecule has 0 saturated carbocycles. The number of hydrogen-bond acceptors (Lipinski definition) is 3. The van der Waals surface area contributed by atoms with E-state index in [1.807, 2.05) is 32.9 Å². The molecule has 3 nitrogen and oxygen atoms in total. The number of esters is 1. The van der Waals surface area contributed by atoms with Gasteiger partial charge in [0.2, 0.25) is 0 Å². The van der Waals surface area contributed by atoms with Gasteiger partial charge in [-0.25, -0.2) is 0 Å². The van der Waals surface area contributed by atoms with Crippen molar-refractivity contribution in [1.29, 1.82) is 5.26 Å². The molecule has 0 fully saturated rings. The summed E-state index contributed by atoms with van der Waals surface area (Å²) in [5.41, 5.74) is 4.32. The number of unbranched alkanes of at least 4 members (excludes halogenated alkanes) is 2. The zero-order chi connectivity index (χ0) is 19.7. The topological polar surface area (TPSA) is 50.1 Å². The molecule has 3 heteroatoms. The van der Waals surface area contributed by atoms with Crippen LogP contribution < -0.4 is 0 Å². The molecular formula is C24H29NO2. The molecule has 2 aromatic carbocycles. The third-order valence-corrected chi connectivity index (χ3v) is 4.29. The van der Waals surface area contributed by atoms with Gasteiger partial charge in [0.15, 0.2) is 0 Å². The van der Waals surface area contributed by atoms with Crippen molar-refractivity contribution < 1.29 is 9.53 Å². The van der Waals surface area contributed by atoms with Crippen LogP contribution in [0, 0.1) is 11.3 Å². The van der Waals surface area contributed by atoms with E-state index in [9.17, 15) is 4.79 Å². The maximum Gasteiger partial charge on any atom is 0.306 e. The van der Waals surface area contributed by atoms with Crippen LogP contribution in [0.2, 0.25) is 0 Å². The average Bonchev–Trinajstić information content (AvgIpc) is 2.61. The Kier molecular flexibility index (Phi) is 7.61. The van der Waals surface area contributed by atoms with E-state index < -0.39 is 5.60 Å². The molecule has 0 atom stereocenters. The van der Waals surface area contributed by atoms with Crippen LogP contribution >= 0.6 is 0 Å². The van der Waals surface area contributed by atoms with Gasteiger partial charge in [-0.05, 0) is 62.3 Å². The maximum absolute atomic E-state index is 11.7. The lowest BCUT2D eigenvalue weighted by molar-refractivity contribution is -0.154. The van der Waals surface area contributed by atoms with Crippen LogP contribution in [-0.2, 0) is 22.4 Å². The lowest BCUT2D eigenvalue weighted by Crippen LogP contribution is -2.23. The summed E-state index contributed by atoms with van der Waals surface area (Å²) >= 11 is 0. The van der Waals surface area contributed by atoms with Gasteiger partial charge in [-0.1, -0.05) is 55.0 Å². The zero-order valence-corrected chi connectivity index (χ0v) is 16.6. The number of nitrogens with zero attached hydrogens (tertiary/aromatic N) is 1. The van der Waals surface area contributed by atoms with Crippen LogP contribution in [0.25, 0.3) is 11.1 Å². The van der Waals surface area contributed by atoms with Crippen LogP contribution in [0.5, 0.6) is 0 Å². The van der Waals surface area contributed by atoms with Gasteiger partial charge < -0.3 is 4.74 Å². The lowest BCUT2D eigenvalue weighted by Gasteiger charge is -2.19. The smallest absolute Gasteiger partial charge is 0.306 e. The van der Waals surface area contributed by atoms with Crippen LogP contribution in [0.4, 0.5) is 0 Å². The number of ether oxygens (including phenoxy) is 1. The predicted molar refractivity (Wildman–Crippen MR) is 109 cm³/mol. The molecule has 2 aromatic rings. The summed E-state index contributed by atoms with van der Waals surface area (Å²) in [4.78, 5) is 11.7. The first kappa shape index (κ1) is 20.7. The number of rotatable bonds is 8. The molecule has 0 aliphatic rings. The fourth-order valence-electron chi connectivity index (χ4n) is 2.94. The second-order valence-corrected chi connectivity index (χ2v) is 7.88. The minimum absolute atomic E-state index is 0.104. The van der Waals surface area contributed by atoms with E-state index in [1.54, 1.807) is 0 Å². The molecule has 142 valence electrons. The summed E-state index contributed by atoms with van der Waals surface area (Å²) < 4.78 is 5.32. The minimum Gasteiger partial charge on any atom is -0.460 e. The van der Waals surface area contributed by atoms with Crippen molar-refractivity contribution in [3.63, 3.8) is 0 Å². The molecule has 0 aromatic heterocycles. The molecule has 0 radical (unpaired) electrons. The number of carbonyl (C=O) groups excluding carboxylic acids is 1. The first-order valence-electron chi connectivity index (χ1n) is 9.64. The van der Waals surface area contributed by atoms with Gasteiger partial charge in [-0.3, -0.25) is 4.79 Å². The Hall–Kier alpha value is -2.60. The van der Waals surface area contributed by atoms with Crippen molar-refractivity contribution in [1.82, 2.24) is 0 Å². The molecule has 0 N–H and O–H groups in total. The summed E-state index contributed by atoms with van der Waals surface area (Å²) in [6, 6.07) is 19.0. The van der Waals surface area contributed by atoms with Crippen molar-refractivity contribution in [2.75, 3.05) is 0 Å². The van der Waals surface area contributed by atoms with Crippen LogP contribution in [0.3, 0.4) is 0 Å².